The van der Waals surface area contributed by atoms with Gasteiger partial charge in [-0.15, -0.1) is 0 Å². The number of piperidine rings is 1. The standard InChI is InChI=1S/C38H38N2O3S/c41-34(28-9-3-1-4-10-28)31-19-30(20-32(35(31)42)38-21-25-14-26(22-38)16-27(15-25)23-38)29-11-7-8-24(17-29)18-33-36(43)39-37(44-33)40-12-5-2-6-13-40/h1,3-4,7-11,17-20,25-27,42H,2,5-6,12-16,21-23H2/b33-18-. The van der Waals surface area contributed by atoms with Crippen molar-refractivity contribution in [1.29, 1.82) is 0 Å². The predicted octanol–water partition coefficient (Wildman–Crippen LogP) is 8.21. The van der Waals surface area contributed by atoms with E-state index in [9.17, 15) is 14.7 Å². The molecule has 0 radical (unpaired) electrons. The number of hydrogen-bond acceptors (Lipinski definition) is 5. The lowest BCUT2D eigenvalue weighted by atomic mass is 9.48. The Morgan fingerprint density at radius 3 is 2.27 bits per heavy atom. The second-order valence-electron chi connectivity index (χ2n) is 13.8. The van der Waals surface area contributed by atoms with E-state index in [0.29, 0.717) is 33.8 Å². The smallest absolute Gasteiger partial charge is 0.286 e. The third kappa shape index (κ3) is 5.01. The minimum Gasteiger partial charge on any atom is -0.507 e. The van der Waals surface area contributed by atoms with Gasteiger partial charge in [0.2, 0.25) is 0 Å². The van der Waals surface area contributed by atoms with Crippen molar-refractivity contribution in [3.05, 3.63) is 93.9 Å². The molecular formula is C38H38N2O3S. The molecule has 2 aliphatic heterocycles. The van der Waals surface area contributed by atoms with Crippen LogP contribution in [0.1, 0.15) is 84.8 Å². The minimum atomic E-state index is -0.176. The Labute approximate surface area is 263 Å². The molecule has 0 aromatic heterocycles. The molecule has 224 valence electrons. The molecule has 1 N–H and O–H groups in total. The highest BCUT2D eigenvalue weighted by atomic mass is 32.2. The van der Waals surface area contributed by atoms with E-state index >= 15 is 0 Å². The monoisotopic (exact) mass is 602 g/mol. The Morgan fingerprint density at radius 1 is 0.864 bits per heavy atom. The maximum atomic E-state index is 13.9. The van der Waals surface area contributed by atoms with Crippen LogP contribution in [0.25, 0.3) is 17.2 Å². The molecule has 3 aromatic carbocycles. The first-order valence-corrected chi connectivity index (χ1v) is 17.1. The van der Waals surface area contributed by atoms with Gasteiger partial charge in [0.25, 0.3) is 5.91 Å². The molecule has 3 aromatic rings. The van der Waals surface area contributed by atoms with E-state index in [2.05, 4.69) is 28.1 Å². The number of rotatable bonds is 5. The molecule has 1 amide bonds. The quantitative estimate of drug-likeness (QED) is 0.235. The number of carbonyl (C=O) groups excluding carboxylic acids is 2. The number of amides is 1. The van der Waals surface area contributed by atoms with Crippen LogP contribution in [0.2, 0.25) is 0 Å². The molecule has 4 aliphatic carbocycles. The number of carbonyl (C=O) groups is 2. The van der Waals surface area contributed by atoms with Crippen LogP contribution in [0.5, 0.6) is 5.75 Å². The molecule has 9 rings (SSSR count). The number of amidine groups is 1. The molecule has 2 heterocycles. The Balaban J connectivity index is 1.18. The van der Waals surface area contributed by atoms with Crippen molar-refractivity contribution in [2.45, 2.75) is 63.2 Å². The predicted molar refractivity (Wildman–Crippen MR) is 177 cm³/mol. The Bertz CT molecular complexity index is 1670. The third-order valence-electron chi connectivity index (χ3n) is 10.8. The van der Waals surface area contributed by atoms with Crippen LogP contribution in [-0.4, -0.2) is 40.0 Å². The van der Waals surface area contributed by atoms with E-state index in [-0.39, 0.29) is 22.9 Å². The number of ketones is 1. The molecule has 44 heavy (non-hydrogen) atoms. The van der Waals surface area contributed by atoms with Gasteiger partial charge in [0.05, 0.1) is 10.5 Å². The molecular weight excluding hydrogens is 564 g/mol. The Hall–Kier alpha value is -3.64. The summed E-state index contributed by atoms with van der Waals surface area (Å²) in [5.41, 5.74) is 4.67. The van der Waals surface area contributed by atoms with Crippen molar-refractivity contribution in [3.8, 4) is 16.9 Å². The largest absolute Gasteiger partial charge is 0.507 e. The number of aromatic hydroxyl groups is 1. The molecule has 5 fully saturated rings. The van der Waals surface area contributed by atoms with Gasteiger partial charge in [-0.2, -0.15) is 4.99 Å². The number of nitrogens with zero attached hydrogens (tertiary/aromatic N) is 2. The lowest BCUT2D eigenvalue weighted by Gasteiger charge is -2.57. The van der Waals surface area contributed by atoms with E-state index in [4.69, 9.17) is 0 Å². The number of phenolic OH excluding ortho intramolecular Hbond substituents is 1. The van der Waals surface area contributed by atoms with Crippen molar-refractivity contribution in [1.82, 2.24) is 4.90 Å². The van der Waals surface area contributed by atoms with Crippen LogP contribution in [-0.2, 0) is 10.2 Å². The summed E-state index contributed by atoms with van der Waals surface area (Å²) in [7, 11) is 0. The molecule has 5 nitrogen and oxygen atoms in total. The number of hydrogen-bond donors (Lipinski definition) is 1. The summed E-state index contributed by atoms with van der Waals surface area (Å²) in [6.45, 7) is 1.91. The molecule has 6 aliphatic rings. The summed E-state index contributed by atoms with van der Waals surface area (Å²) in [5, 5.41) is 12.7. The van der Waals surface area contributed by atoms with Crippen molar-refractivity contribution in [2.24, 2.45) is 22.7 Å². The average Bonchev–Trinajstić information content (AvgIpc) is 3.40. The molecule has 0 spiro atoms. The highest BCUT2D eigenvalue weighted by Crippen LogP contribution is 2.62. The van der Waals surface area contributed by atoms with Crippen molar-refractivity contribution in [3.63, 3.8) is 0 Å². The first-order chi connectivity index (χ1) is 21.4. The SMILES string of the molecule is O=C1N=C(N2CCCCC2)S/C1=C\c1cccc(-c2cc(C(=O)c3ccccc3)c(O)c(C34CC5CC(CC(C5)C3)C4)c2)c1. The minimum absolute atomic E-state index is 0.0742. The molecule has 1 saturated heterocycles. The van der Waals surface area contributed by atoms with Crippen LogP contribution < -0.4 is 0 Å². The van der Waals surface area contributed by atoms with Crippen LogP contribution >= 0.6 is 11.8 Å². The van der Waals surface area contributed by atoms with E-state index in [1.165, 1.54) is 37.4 Å². The zero-order valence-corrected chi connectivity index (χ0v) is 25.8. The first-order valence-electron chi connectivity index (χ1n) is 16.3. The van der Waals surface area contributed by atoms with Gasteiger partial charge in [-0.3, -0.25) is 9.59 Å². The summed E-state index contributed by atoms with van der Waals surface area (Å²) in [5.74, 6) is 1.98. The fraction of sp³-hybridized carbons (Fsp3) is 0.395. The Kier molecular flexibility index (Phi) is 7.01. The van der Waals surface area contributed by atoms with Crippen molar-refractivity contribution < 1.29 is 14.7 Å². The van der Waals surface area contributed by atoms with Gasteiger partial charge < -0.3 is 10.0 Å². The van der Waals surface area contributed by atoms with Crippen molar-refractivity contribution in [2.75, 3.05) is 13.1 Å². The number of phenols is 1. The zero-order chi connectivity index (χ0) is 29.8. The van der Waals surface area contributed by atoms with E-state index in [1.807, 2.05) is 54.6 Å². The number of benzene rings is 3. The van der Waals surface area contributed by atoms with Crippen LogP contribution in [0.3, 0.4) is 0 Å². The van der Waals surface area contributed by atoms with Gasteiger partial charge in [-0.05, 0) is 134 Å². The van der Waals surface area contributed by atoms with Crippen molar-refractivity contribution >= 4 is 34.7 Å². The first kappa shape index (κ1) is 27.9. The fourth-order valence-corrected chi connectivity index (χ4v) is 10.1. The van der Waals surface area contributed by atoms with E-state index in [0.717, 1.165) is 72.6 Å². The van der Waals surface area contributed by atoms with Gasteiger partial charge in [0, 0.05) is 24.2 Å². The molecule has 6 heteroatoms. The number of aliphatic imine (C=N–C) groups is 1. The van der Waals surface area contributed by atoms with Crippen LogP contribution in [0.4, 0.5) is 0 Å². The molecule has 4 bridgehead atoms. The second kappa shape index (κ2) is 11.1. The van der Waals surface area contributed by atoms with E-state index in [1.54, 1.807) is 0 Å². The Morgan fingerprint density at radius 2 is 1.57 bits per heavy atom. The summed E-state index contributed by atoms with van der Waals surface area (Å²) < 4.78 is 0. The van der Waals surface area contributed by atoms with Gasteiger partial charge in [-0.25, -0.2) is 0 Å². The van der Waals surface area contributed by atoms with Crippen LogP contribution in [0.15, 0.2) is 76.6 Å². The average molecular weight is 603 g/mol. The molecule has 4 saturated carbocycles. The van der Waals surface area contributed by atoms with Gasteiger partial charge in [-0.1, -0.05) is 48.5 Å². The summed E-state index contributed by atoms with van der Waals surface area (Å²) >= 11 is 1.47. The summed E-state index contributed by atoms with van der Waals surface area (Å²) in [4.78, 5) is 34.0. The normalized spacial score (nSPS) is 28.5. The maximum absolute atomic E-state index is 13.9. The molecule has 0 unspecified atom stereocenters. The fourth-order valence-electron chi connectivity index (χ4n) is 9.14. The highest BCUT2D eigenvalue weighted by molar-refractivity contribution is 8.18. The summed E-state index contributed by atoms with van der Waals surface area (Å²) in [6.07, 6.45) is 12.7. The number of thioether (sulfide) groups is 1. The number of likely N-dealkylation sites (tertiary alicyclic amines) is 1. The lowest BCUT2D eigenvalue weighted by Crippen LogP contribution is -2.48. The lowest BCUT2D eigenvalue weighted by molar-refractivity contribution is -0.113. The second-order valence-corrected chi connectivity index (χ2v) is 14.8. The van der Waals surface area contributed by atoms with Crippen LogP contribution in [0, 0.1) is 17.8 Å². The van der Waals surface area contributed by atoms with Gasteiger partial charge in [0.15, 0.2) is 11.0 Å². The summed E-state index contributed by atoms with van der Waals surface area (Å²) in [6, 6.07) is 21.5. The highest BCUT2D eigenvalue weighted by Gasteiger charge is 2.52. The topological polar surface area (TPSA) is 70.0 Å². The maximum Gasteiger partial charge on any atom is 0.286 e. The third-order valence-corrected chi connectivity index (χ3v) is 11.8. The molecule has 0 atom stereocenters. The van der Waals surface area contributed by atoms with Gasteiger partial charge >= 0.3 is 0 Å². The van der Waals surface area contributed by atoms with E-state index < -0.39 is 0 Å². The zero-order valence-electron chi connectivity index (χ0n) is 25.0. The van der Waals surface area contributed by atoms with Gasteiger partial charge in [0.1, 0.15) is 5.75 Å².